The van der Waals surface area contributed by atoms with Crippen LogP contribution in [0.3, 0.4) is 0 Å². The van der Waals surface area contributed by atoms with Gasteiger partial charge in [0.2, 0.25) is 0 Å². The summed E-state index contributed by atoms with van der Waals surface area (Å²) in [6.45, 7) is 0. The monoisotopic (exact) mass is 393 g/mol. The third-order valence-electron chi connectivity index (χ3n) is 3.85. The van der Waals surface area contributed by atoms with Crippen molar-refractivity contribution in [1.82, 2.24) is 10.9 Å². The first kappa shape index (κ1) is 19.1. The van der Waals surface area contributed by atoms with E-state index < -0.39 is 11.8 Å². The van der Waals surface area contributed by atoms with E-state index in [0.717, 1.165) is 0 Å². The van der Waals surface area contributed by atoms with E-state index in [2.05, 4.69) is 16.2 Å². The largest absolute Gasteiger partial charge is 0.322 e. The van der Waals surface area contributed by atoms with Crippen molar-refractivity contribution >= 4 is 35.0 Å². The standard InChI is InChI=1S/C21H16ClN3O3/c22-18-9-5-4-8-17(18)21(28)25-24-20(27)15-10-12-16(13-11-15)23-19(26)14-6-2-1-3-7-14/h1-13H,(H,23,26)(H,24,27)(H,25,28). The first-order valence-electron chi connectivity index (χ1n) is 8.36. The van der Waals surface area contributed by atoms with Gasteiger partial charge in [0.05, 0.1) is 10.6 Å². The number of hydrazine groups is 1. The van der Waals surface area contributed by atoms with Crippen LogP contribution in [-0.4, -0.2) is 17.7 Å². The second-order valence-electron chi connectivity index (χ2n) is 5.79. The first-order valence-corrected chi connectivity index (χ1v) is 8.74. The molecule has 0 spiro atoms. The van der Waals surface area contributed by atoms with Crippen LogP contribution in [0.15, 0.2) is 78.9 Å². The molecule has 6 nitrogen and oxygen atoms in total. The molecule has 28 heavy (non-hydrogen) atoms. The Hall–Kier alpha value is -3.64. The maximum absolute atomic E-state index is 12.2. The fourth-order valence-electron chi connectivity index (χ4n) is 2.40. The van der Waals surface area contributed by atoms with Crippen LogP contribution in [-0.2, 0) is 0 Å². The maximum atomic E-state index is 12.2. The second kappa shape index (κ2) is 8.83. The summed E-state index contributed by atoms with van der Waals surface area (Å²) >= 11 is 5.95. The summed E-state index contributed by atoms with van der Waals surface area (Å²) in [4.78, 5) is 36.4. The van der Waals surface area contributed by atoms with Gasteiger partial charge in [0.1, 0.15) is 0 Å². The molecule has 0 saturated carbocycles. The van der Waals surface area contributed by atoms with Gasteiger partial charge in [0, 0.05) is 16.8 Å². The van der Waals surface area contributed by atoms with Crippen LogP contribution < -0.4 is 16.2 Å². The van der Waals surface area contributed by atoms with Gasteiger partial charge in [-0.15, -0.1) is 0 Å². The molecule has 140 valence electrons. The number of hydrogen-bond acceptors (Lipinski definition) is 3. The number of halogens is 1. The van der Waals surface area contributed by atoms with Crippen molar-refractivity contribution in [2.45, 2.75) is 0 Å². The van der Waals surface area contributed by atoms with Gasteiger partial charge in [-0.25, -0.2) is 0 Å². The van der Waals surface area contributed by atoms with Crippen LogP contribution in [0.1, 0.15) is 31.1 Å². The highest BCUT2D eigenvalue weighted by Gasteiger charge is 2.12. The molecule has 3 aromatic rings. The molecule has 7 heteroatoms. The third kappa shape index (κ3) is 4.75. The molecule has 0 aromatic heterocycles. The number of hydrogen-bond donors (Lipinski definition) is 3. The van der Waals surface area contributed by atoms with E-state index in [4.69, 9.17) is 11.6 Å². The minimum Gasteiger partial charge on any atom is -0.322 e. The van der Waals surface area contributed by atoms with Crippen molar-refractivity contribution in [2.75, 3.05) is 5.32 Å². The van der Waals surface area contributed by atoms with E-state index in [1.54, 1.807) is 60.7 Å². The van der Waals surface area contributed by atoms with Gasteiger partial charge in [-0.3, -0.25) is 25.2 Å². The van der Waals surface area contributed by atoms with Crippen molar-refractivity contribution in [3.8, 4) is 0 Å². The minimum atomic E-state index is -0.523. The Morgan fingerprint density at radius 3 is 1.86 bits per heavy atom. The molecule has 0 aliphatic carbocycles. The summed E-state index contributed by atoms with van der Waals surface area (Å²) in [5, 5.41) is 3.03. The van der Waals surface area contributed by atoms with Crippen molar-refractivity contribution in [1.29, 1.82) is 0 Å². The average Bonchev–Trinajstić information content (AvgIpc) is 2.73. The van der Waals surface area contributed by atoms with E-state index >= 15 is 0 Å². The predicted molar refractivity (Wildman–Crippen MR) is 107 cm³/mol. The lowest BCUT2D eigenvalue weighted by Crippen LogP contribution is -2.41. The highest BCUT2D eigenvalue weighted by Crippen LogP contribution is 2.14. The molecule has 0 bridgehead atoms. The van der Waals surface area contributed by atoms with Gasteiger partial charge in [0.15, 0.2) is 0 Å². The van der Waals surface area contributed by atoms with Crippen LogP contribution in [0.4, 0.5) is 5.69 Å². The molecular formula is C21H16ClN3O3. The summed E-state index contributed by atoms with van der Waals surface area (Å²) < 4.78 is 0. The van der Waals surface area contributed by atoms with Crippen LogP contribution in [0.5, 0.6) is 0 Å². The summed E-state index contributed by atoms with van der Waals surface area (Å²) in [6.07, 6.45) is 0. The Morgan fingerprint density at radius 1 is 0.607 bits per heavy atom. The molecule has 0 radical (unpaired) electrons. The molecule has 3 rings (SSSR count). The summed E-state index contributed by atoms with van der Waals surface area (Å²) in [7, 11) is 0. The molecule has 0 saturated heterocycles. The number of rotatable bonds is 4. The fourth-order valence-corrected chi connectivity index (χ4v) is 2.62. The smallest absolute Gasteiger partial charge is 0.271 e. The quantitative estimate of drug-likeness (QED) is 0.591. The second-order valence-corrected chi connectivity index (χ2v) is 6.19. The number of nitrogens with one attached hydrogen (secondary N) is 3. The molecule has 0 unspecified atom stereocenters. The first-order chi connectivity index (χ1) is 13.5. The van der Waals surface area contributed by atoms with Crippen LogP contribution >= 0.6 is 11.6 Å². The normalized spacial score (nSPS) is 10.0. The molecule has 3 N–H and O–H groups in total. The maximum Gasteiger partial charge on any atom is 0.271 e. The Kier molecular flexibility index (Phi) is 6.04. The fraction of sp³-hybridized carbons (Fsp3) is 0. The highest BCUT2D eigenvalue weighted by atomic mass is 35.5. The van der Waals surface area contributed by atoms with E-state index in [-0.39, 0.29) is 16.5 Å². The van der Waals surface area contributed by atoms with E-state index in [1.165, 1.54) is 12.1 Å². The number of anilines is 1. The SMILES string of the molecule is O=C(NNC(=O)c1ccccc1Cl)c1ccc(NC(=O)c2ccccc2)cc1. The van der Waals surface area contributed by atoms with Gasteiger partial charge in [0.25, 0.3) is 17.7 Å². The zero-order valence-electron chi connectivity index (χ0n) is 14.6. The lowest BCUT2D eigenvalue weighted by atomic mass is 10.1. The number of carbonyl (C=O) groups excluding carboxylic acids is 3. The van der Waals surface area contributed by atoms with Crippen molar-refractivity contribution < 1.29 is 14.4 Å². The van der Waals surface area contributed by atoms with Gasteiger partial charge < -0.3 is 5.32 Å². The lowest BCUT2D eigenvalue weighted by molar-refractivity contribution is 0.0847. The van der Waals surface area contributed by atoms with Gasteiger partial charge in [-0.2, -0.15) is 0 Å². The topological polar surface area (TPSA) is 87.3 Å². The molecule has 0 aliphatic rings. The lowest BCUT2D eigenvalue weighted by Gasteiger charge is -2.09. The molecule has 0 heterocycles. The summed E-state index contributed by atoms with van der Waals surface area (Å²) in [5.41, 5.74) is 6.29. The Morgan fingerprint density at radius 2 is 1.18 bits per heavy atom. The van der Waals surface area contributed by atoms with Gasteiger partial charge in [-0.1, -0.05) is 41.9 Å². The van der Waals surface area contributed by atoms with Crippen molar-refractivity contribution in [3.63, 3.8) is 0 Å². The number of benzene rings is 3. The zero-order valence-corrected chi connectivity index (χ0v) is 15.4. The van der Waals surface area contributed by atoms with E-state index in [1.807, 2.05) is 6.07 Å². The van der Waals surface area contributed by atoms with Crippen molar-refractivity contribution in [3.05, 3.63) is 101 Å². The Labute approximate surface area is 166 Å². The van der Waals surface area contributed by atoms with Crippen LogP contribution in [0.25, 0.3) is 0 Å². The molecular weight excluding hydrogens is 378 g/mol. The molecule has 3 amide bonds. The van der Waals surface area contributed by atoms with Crippen molar-refractivity contribution in [2.24, 2.45) is 0 Å². The summed E-state index contributed by atoms with van der Waals surface area (Å²) in [6, 6.07) is 21.6. The Balaban J connectivity index is 1.57. The van der Waals surface area contributed by atoms with E-state index in [0.29, 0.717) is 16.8 Å². The van der Waals surface area contributed by atoms with Crippen LogP contribution in [0.2, 0.25) is 5.02 Å². The Bertz CT molecular complexity index is 1000. The molecule has 3 aromatic carbocycles. The number of amides is 3. The average molecular weight is 394 g/mol. The molecule has 0 atom stereocenters. The number of carbonyl (C=O) groups is 3. The van der Waals surface area contributed by atoms with Gasteiger partial charge >= 0.3 is 0 Å². The summed E-state index contributed by atoms with van der Waals surface area (Å²) in [5.74, 6) is -1.27. The van der Waals surface area contributed by atoms with Gasteiger partial charge in [-0.05, 0) is 48.5 Å². The zero-order chi connectivity index (χ0) is 19.9. The predicted octanol–water partition coefficient (Wildman–Crippen LogP) is 3.67. The molecule has 0 aliphatic heterocycles. The third-order valence-corrected chi connectivity index (χ3v) is 4.18. The van der Waals surface area contributed by atoms with E-state index in [9.17, 15) is 14.4 Å². The minimum absolute atomic E-state index is 0.246. The van der Waals surface area contributed by atoms with Crippen LogP contribution in [0, 0.1) is 0 Å². The highest BCUT2D eigenvalue weighted by molar-refractivity contribution is 6.33. The molecule has 0 fully saturated rings.